The Hall–Kier alpha value is -2.86. The average Bonchev–Trinajstić information content (AvgIpc) is 2.61. The van der Waals surface area contributed by atoms with E-state index < -0.39 is 6.61 Å². The molecule has 0 heterocycles. The van der Waals surface area contributed by atoms with E-state index in [0.29, 0.717) is 11.4 Å². The molecule has 1 amide bonds. The number of hydrogen-bond donors (Lipinski definition) is 2. The van der Waals surface area contributed by atoms with Crippen molar-refractivity contribution in [1.29, 1.82) is 0 Å². The second-order valence-electron chi connectivity index (χ2n) is 5.49. The quantitative estimate of drug-likeness (QED) is 0.626. The lowest BCUT2D eigenvalue weighted by Gasteiger charge is -2.11. The number of carbonyl (C=O) groups excluding carboxylic acids is 1. The highest BCUT2D eigenvalue weighted by atomic mass is 35.5. The Bertz CT molecular complexity index is 934. The highest BCUT2D eigenvalue weighted by Gasteiger charge is 2.10. The minimum Gasteiger partial charge on any atom is -0.433 e. The number of hydrogen-bond acceptors (Lipinski definition) is 3. The van der Waals surface area contributed by atoms with Gasteiger partial charge in [-0.25, -0.2) is 0 Å². The topological polar surface area (TPSA) is 50.4 Å². The van der Waals surface area contributed by atoms with Crippen LogP contribution in [0.2, 0.25) is 5.02 Å². The third kappa shape index (κ3) is 4.61. The van der Waals surface area contributed by atoms with Gasteiger partial charge in [-0.2, -0.15) is 8.78 Å². The largest absolute Gasteiger partial charge is 0.433 e. The number of anilines is 2. The molecule has 134 valence electrons. The standard InChI is InChI=1S/C19H15ClF2N2O2/c20-16-10-14(7-8-17(16)26-19(21)22)23-11-18(25)24-15-6-5-12-3-1-2-4-13(12)9-15/h1-10,19,23H,11H2,(H,24,25). The van der Waals surface area contributed by atoms with Gasteiger partial charge in [0.1, 0.15) is 5.75 Å². The summed E-state index contributed by atoms with van der Waals surface area (Å²) < 4.78 is 28.7. The number of halogens is 3. The second kappa shape index (κ2) is 8.01. The molecule has 3 aromatic carbocycles. The molecule has 7 heteroatoms. The molecule has 2 N–H and O–H groups in total. The van der Waals surface area contributed by atoms with Gasteiger partial charge in [0.15, 0.2) is 0 Å². The molecule has 0 aliphatic carbocycles. The molecule has 0 saturated carbocycles. The van der Waals surface area contributed by atoms with Crippen LogP contribution in [-0.2, 0) is 4.79 Å². The normalized spacial score (nSPS) is 10.8. The lowest BCUT2D eigenvalue weighted by atomic mass is 10.1. The lowest BCUT2D eigenvalue weighted by molar-refractivity contribution is -0.114. The van der Waals surface area contributed by atoms with Gasteiger partial charge in [0, 0.05) is 11.4 Å². The van der Waals surface area contributed by atoms with Crippen LogP contribution in [0.3, 0.4) is 0 Å². The Morgan fingerprint density at radius 2 is 1.73 bits per heavy atom. The minimum absolute atomic E-state index is 0.00178. The van der Waals surface area contributed by atoms with E-state index in [1.807, 2.05) is 42.5 Å². The molecule has 4 nitrogen and oxygen atoms in total. The number of fused-ring (bicyclic) bond motifs is 1. The molecule has 0 bridgehead atoms. The monoisotopic (exact) mass is 376 g/mol. The van der Waals surface area contributed by atoms with Crippen LogP contribution in [-0.4, -0.2) is 19.1 Å². The summed E-state index contributed by atoms with van der Waals surface area (Å²) in [5.74, 6) is -0.364. The molecule has 0 saturated heterocycles. The van der Waals surface area contributed by atoms with Crippen molar-refractivity contribution < 1.29 is 18.3 Å². The van der Waals surface area contributed by atoms with E-state index in [2.05, 4.69) is 15.4 Å². The van der Waals surface area contributed by atoms with Gasteiger partial charge in [0.05, 0.1) is 11.6 Å². The Kier molecular flexibility index (Phi) is 5.53. The first-order chi connectivity index (χ1) is 12.5. The van der Waals surface area contributed by atoms with Gasteiger partial charge in [0.2, 0.25) is 5.91 Å². The number of nitrogens with one attached hydrogen (secondary N) is 2. The Balaban J connectivity index is 1.58. The van der Waals surface area contributed by atoms with Crippen molar-refractivity contribution in [3.05, 3.63) is 65.7 Å². The summed E-state index contributed by atoms with van der Waals surface area (Å²) in [7, 11) is 0. The molecule has 0 aliphatic heterocycles. The molecular weight excluding hydrogens is 362 g/mol. The zero-order valence-corrected chi connectivity index (χ0v) is 14.3. The summed E-state index contributed by atoms with van der Waals surface area (Å²) >= 11 is 5.88. The molecule has 0 spiro atoms. The van der Waals surface area contributed by atoms with Crippen LogP contribution in [0.4, 0.5) is 20.2 Å². The molecule has 0 unspecified atom stereocenters. The first kappa shape index (κ1) is 17.9. The van der Waals surface area contributed by atoms with Crippen LogP contribution in [0.15, 0.2) is 60.7 Å². The lowest BCUT2D eigenvalue weighted by Crippen LogP contribution is -2.21. The van der Waals surface area contributed by atoms with Gasteiger partial charge >= 0.3 is 6.61 Å². The maximum atomic E-state index is 12.2. The molecule has 3 aromatic rings. The van der Waals surface area contributed by atoms with Crippen LogP contribution in [0, 0.1) is 0 Å². The number of amides is 1. The number of alkyl halides is 2. The van der Waals surface area contributed by atoms with E-state index in [9.17, 15) is 13.6 Å². The zero-order valence-electron chi connectivity index (χ0n) is 13.5. The van der Waals surface area contributed by atoms with E-state index in [1.165, 1.54) is 18.2 Å². The van der Waals surface area contributed by atoms with Gasteiger partial charge < -0.3 is 15.4 Å². The molecule has 26 heavy (non-hydrogen) atoms. The SMILES string of the molecule is O=C(CNc1ccc(OC(F)F)c(Cl)c1)Nc1ccc2ccccc2c1. The first-order valence-corrected chi connectivity index (χ1v) is 8.16. The maximum Gasteiger partial charge on any atom is 0.387 e. The predicted octanol–water partition coefficient (Wildman–Crippen LogP) is 5.15. The highest BCUT2D eigenvalue weighted by molar-refractivity contribution is 6.32. The van der Waals surface area contributed by atoms with Gasteiger partial charge in [-0.3, -0.25) is 4.79 Å². The average molecular weight is 377 g/mol. The van der Waals surface area contributed by atoms with Crippen LogP contribution in [0.1, 0.15) is 0 Å². The van der Waals surface area contributed by atoms with Crippen LogP contribution < -0.4 is 15.4 Å². The predicted molar refractivity (Wildman–Crippen MR) is 99.2 cm³/mol. The summed E-state index contributed by atoms with van der Waals surface area (Å²) in [6.45, 7) is -2.95. The van der Waals surface area contributed by atoms with E-state index in [4.69, 9.17) is 11.6 Å². The number of carbonyl (C=O) groups is 1. The fraction of sp³-hybridized carbons (Fsp3) is 0.105. The fourth-order valence-corrected chi connectivity index (χ4v) is 2.68. The zero-order chi connectivity index (χ0) is 18.5. The summed E-state index contributed by atoms with van der Waals surface area (Å²) in [5, 5.41) is 7.83. The van der Waals surface area contributed by atoms with Crippen molar-refractivity contribution in [2.24, 2.45) is 0 Å². The van der Waals surface area contributed by atoms with Crippen LogP contribution >= 0.6 is 11.6 Å². The molecule has 0 atom stereocenters. The van der Waals surface area contributed by atoms with Crippen LogP contribution in [0.25, 0.3) is 10.8 Å². The van der Waals surface area contributed by atoms with Crippen molar-refractivity contribution in [2.75, 3.05) is 17.2 Å². The molecule has 0 aliphatic rings. The van der Waals surface area contributed by atoms with Crippen molar-refractivity contribution >= 4 is 39.7 Å². The molecule has 0 radical (unpaired) electrons. The summed E-state index contributed by atoms with van der Waals surface area (Å²) in [6.07, 6.45) is 0. The summed E-state index contributed by atoms with van der Waals surface area (Å²) in [4.78, 5) is 12.1. The fourth-order valence-electron chi connectivity index (χ4n) is 2.46. The minimum atomic E-state index is -2.95. The van der Waals surface area contributed by atoms with E-state index in [1.54, 1.807) is 0 Å². The summed E-state index contributed by atoms with van der Waals surface area (Å²) in [6, 6.07) is 17.7. The maximum absolute atomic E-state index is 12.2. The van der Waals surface area contributed by atoms with Crippen molar-refractivity contribution in [2.45, 2.75) is 6.61 Å². The molecule has 0 fully saturated rings. The Morgan fingerprint density at radius 3 is 2.46 bits per heavy atom. The molecule has 3 rings (SSSR count). The van der Waals surface area contributed by atoms with Gasteiger partial charge in [-0.05, 0) is 41.1 Å². The molecular formula is C19H15ClF2N2O2. The Morgan fingerprint density at radius 1 is 1.00 bits per heavy atom. The smallest absolute Gasteiger partial charge is 0.387 e. The van der Waals surface area contributed by atoms with Crippen molar-refractivity contribution in [3.63, 3.8) is 0 Å². The number of benzene rings is 3. The van der Waals surface area contributed by atoms with Gasteiger partial charge in [-0.1, -0.05) is 41.9 Å². The van der Waals surface area contributed by atoms with E-state index >= 15 is 0 Å². The molecule has 0 aromatic heterocycles. The highest BCUT2D eigenvalue weighted by Crippen LogP contribution is 2.28. The Labute approximate surface area is 153 Å². The third-order valence-corrected chi connectivity index (χ3v) is 3.93. The van der Waals surface area contributed by atoms with E-state index in [-0.39, 0.29) is 23.2 Å². The van der Waals surface area contributed by atoms with Gasteiger partial charge in [0.25, 0.3) is 0 Å². The summed E-state index contributed by atoms with van der Waals surface area (Å²) in [5.41, 5.74) is 1.21. The number of ether oxygens (including phenoxy) is 1. The van der Waals surface area contributed by atoms with Gasteiger partial charge in [-0.15, -0.1) is 0 Å². The first-order valence-electron chi connectivity index (χ1n) is 7.78. The number of rotatable bonds is 6. The third-order valence-electron chi connectivity index (χ3n) is 3.63. The van der Waals surface area contributed by atoms with Crippen LogP contribution in [0.5, 0.6) is 5.75 Å². The van der Waals surface area contributed by atoms with E-state index in [0.717, 1.165) is 10.8 Å². The van der Waals surface area contributed by atoms with Crippen molar-refractivity contribution in [1.82, 2.24) is 0 Å². The second-order valence-corrected chi connectivity index (χ2v) is 5.89. The van der Waals surface area contributed by atoms with Crippen molar-refractivity contribution in [3.8, 4) is 5.75 Å².